The zero-order valence-electron chi connectivity index (χ0n) is 16.1. The summed E-state index contributed by atoms with van der Waals surface area (Å²) >= 11 is 0. The van der Waals surface area contributed by atoms with Crippen molar-refractivity contribution in [1.29, 1.82) is 0 Å². The molecule has 156 valence electrons. The quantitative estimate of drug-likeness (QED) is 0.379. The molecule has 0 radical (unpaired) electrons. The van der Waals surface area contributed by atoms with Gasteiger partial charge in [0.05, 0.1) is 17.1 Å². The molecular weight excluding hydrogens is 396 g/mol. The molecule has 0 saturated heterocycles. The number of carboxylic acid groups (broad SMARTS) is 1. The number of carbonyl (C=O) groups is 2. The Morgan fingerprint density at radius 3 is 2.38 bits per heavy atom. The van der Waals surface area contributed by atoms with Crippen LogP contribution in [-0.4, -0.2) is 32.0 Å². The number of aromatic carboxylic acids is 1. The summed E-state index contributed by atoms with van der Waals surface area (Å²) in [7, 11) is -4.12. The SMILES string of the molecule is CCCCCCOc1ccc(C(=O)NNS(=O)(=O)c2cccc(C(=O)O)c2)cc1. The molecule has 1 amide bonds. The van der Waals surface area contributed by atoms with Gasteiger partial charge in [-0.3, -0.25) is 10.2 Å². The summed E-state index contributed by atoms with van der Waals surface area (Å²) in [6, 6.07) is 11.1. The number of carbonyl (C=O) groups excluding carboxylic acids is 1. The van der Waals surface area contributed by atoms with Crippen LogP contribution >= 0.6 is 0 Å². The Hall–Kier alpha value is -2.91. The van der Waals surface area contributed by atoms with Gasteiger partial charge in [-0.25, -0.2) is 13.2 Å². The van der Waals surface area contributed by atoms with Gasteiger partial charge < -0.3 is 9.84 Å². The molecule has 0 aromatic heterocycles. The summed E-state index contributed by atoms with van der Waals surface area (Å²) in [4.78, 5) is 24.8. The van der Waals surface area contributed by atoms with Crippen LogP contribution < -0.4 is 15.0 Å². The van der Waals surface area contributed by atoms with Crippen molar-refractivity contribution in [3.8, 4) is 5.75 Å². The molecule has 0 saturated carbocycles. The van der Waals surface area contributed by atoms with E-state index in [0.717, 1.165) is 25.3 Å². The van der Waals surface area contributed by atoms with Crippen LogP contribution in [0.4, 0.5) is 0 Å². The highest BCUT2D eigenvalue weighted by Gasteiger charge is 2.17. The molecule has 8 nitrogen and oxygen atoms in total. The fraction of sp³-hybridized carbons (Fsp3) is 0.300. The van der Waals surface area contributed by atoms with Gasteiger partial charge in [0.1, 0.15) is 5.75 Å². The van der Waals surface area contributed by atoms with Crippen LogP contribution in [-0.2, 0) is 10.0 Å². The molecule has 0 aliphatic carbocycles. The Morgan fingerprint density at radius 1 is 1.00 bits per heavy atom. The van der Waals surface area contributed by atoms with Crippen LogP contribution in [0.3, 0.4) is 0 Å². The van der Waals surface area contributed by atoms with Crippen LogP contribution in [0.15, 0.2) is 53.4 Å². The molecule has 9 heteroatoms. The normalized spacial score (nSPS) is 11.1. The van der Waals surface area contributed by atoms with Gasteiger partial charge in [-0.2, -0.15) is 0 Å². The number of carboxylic acids is 1. The van der Waals surface area contributed by atoms with Gasteiger partial charge in [0.2, 0.25) is 0 Å². The Labute approximate surface area is 169 Å². The fourth-order valence-corrected chi connectivity index (χ4v) is 3.35. The summed E-state index contributed by atoms with van der Waals surface area (Å²) < 4.78 is 30.1. The topological polar surface area (TPSA) is 122 Å². The minimum Gasteiger partial charge on any atom is -0.494 e. The van der Waals surface area contributed by atoms with Gasteiger partial charge in [0.15, 0.2) is 0 Å². The van der Waals surface area contributed by atoms with E-state index >= 15 is 0 Å². The van der Waals surface area contributed by atoms with E-state index in [4.69, 9.17) is 9.84 Å². The monoisotopic (exact) mass is 420 g/mol. The van der Waals surface area contributed by atoms with Crippen molar-refractivity contribution in [2.45, 2.75) is 37.5 Å². The van der Waals surface area contributed by atoms with Crippen molar-refractivity contribution in [2.75, 3.05) is 6.61 Å². The van der Waals surface area contributed by atoms with Crippen molar-refractivity contribution < 1.29 is 27.9 Å². The predicted molar refractivity (Wildman–Crippen MR) is 107 cm³/mol. The van der Waals surface area contributed by atoms with Crippen molar-refractivity contribution in [3.63, 3.8) is 0 Å². The second-order valence-corrected chi connectivity index (χ2v) is 8.01. The maximum Gasteiger partial charge on any atom is 0.335 e. The molecule has 0 aliphatic rings. The van der Waals surface area contributed by atoms with Gasteiger partial charge in [0.25, 0.3) is 15.9 Å². The van der Waals surface area contributed by atoms with Gasteiger partial charge in [0, 0.05) is 5.56 Å². The summed E-state index contributed by atoms with van der Waals surface area (Å²) in [5.41, 5.74) is 2.17. The van der Waals surface area contributed by atoms with E-state index < -0.39 is 21.9 Å². The molecule has 2 aromatic carbocycles. The Morgan fingerprint density at radius 2 is 1.72 bits per heavy atom. The summed E-state index contributed by atoms with van der Waals surface area (Å²) in [6.07, 6.45) is 4.38. The van der Waals surface area contributed by atoms with Crippen LogP contribution in [0, 0.1) is 0 Å². The zero-order valence-corrected chi connectivity index (χ0v) is 16.9. The van der Waals surface area contributed by atoms with Crippen LogP contribution in [0.2, 0.25) is 0 Å². The standard InChI is InChI=1S/C20H24N2O6S/c1-2-3-4-5-13-28-17-11-9-15(10-12-17)19(23)21-22-29(26,27)18-8-6-7-16(14-18)20(24)25/h6-12,14,22H,2-5,13H2,1H3,(H,21,23)(H,24,25). The van der Waals surface area contributed by atoms with Crippen molar-refractivity contribution in [3.05, 3.63) is 59.7 Å². The maximum atomic E-state index is 12.3. The van der Waals surface area contributed by atoms with E-state index in [-0.39, 0.29) is 16.0 Å². The first kappa shape index (κ1) is 22.4. The van der Waals surface area contributed by atoms with Crippen molar-refractivity contribution in [2.24, 2.45) is 0 Å². The second kappa shape index (κ2) is 10.6. The van der Waals surface area contributed by atoms with E-state index in [1.165, 1.54) is 36.8 Å². The van der Waals surface area contributed by atoms with E-state index in [1.54, 1.807) is 12.1 Å². The Balaban J connectivity index is 1.91. The first-order chi connectivity index (χ1) is 13.8. The predicted octanol–water partition coefficient (Wildman–Crippen LogP) is 2.97. The van der Waals surface area contributed by atoms with Crippen molar-refractivity contribution in [1.82, 2.24) is 10.3 Å². The number of hydrazine groups is 1. The van der Waals surface area contributed by atoms with Gasteiger partial charge >= 0.3 is 5.97 Å². The third kappa shape index (κ3) is 6.88. The number of hydrogen-bond acceptors (Lipinski definition) is 5. The lowest BCUT2D eigenvalue weighted by Crippen LogP contribution is -2.41. The largest absolute Gasteiger partial charge is 0.494 e. The average molecular weight is 420 g/mol. The van der Waals surface area contributed by atoms with E-state index in [0.29, 0.717) is 12.4 Å². The molecule has 3 N–H and O–H groups in total. The molecule has 29 heavy (non-hydrogen) atoms. The van der Waals surface area contributed by atoms with Crippen LogP contribution in [0.1, 0.15) is 53.3 Å². The first-order valence-electron chi connectivity index (χ1n) is 9.22. The molecule has 0 spiro atoms. The molecular formula is C20H24N2O6S. The number of rotatable bonds is 11. The molecule has 0 atom stereocenters. The third-order valence-corrected chi connectivity index (χ3v) is 5.32. The fourth-order valence-electron chi connectivity index (χ4n) is 2.46. The molecule has 0 heterocycles. The maximum absolute atomic E-state index is 12.3. The molecule has 2 rings (SSSR count). The molecule has 0 aliphatic heterocycles. The highest BCUT2D eigenvalue weighted by molar-refractivity contribution is 7.89. The van der Waals surface area contributed by atoms with E-state index in [2.05, 4.69) is 12.3 Å². The summed E-state index contributed by atoms with van der Waals surface area (Å²) in [5, 5.41) is 8.96. The molecule has 0 bridgehead atoms. The minimum absolute atomic E-state index is 0.176. The lowest BCUT2D eigenvalue weighted by Gasteiger charge is -2.10. The first-order valence-corrected chi connectivity index (χ1v) is 10.7. The van der Waals surface area contributed by atoms with Gasteiger partial charge in [-0.05, 0) is 48.9 Å². The Bertz CT molecular complexity index is 942. The number of amides is 1. The van der Waals surface area contributed by atoms with Crippen LogP contribution in [0.5, 0.6) is 5.75 Å². The number of sulfonamides is 1. The van der Waals surface area contributed by atoms with E-state index in [1.807, 2.05) is 4.83 Å². The lowest BCUT2D eigenvalue weighted by molar-refractivity contribution is 0.0696. The lowest BCUT2D eigenvalue weighted by atomic mass is 10.2. The number of nitrogens with one attached hydrogen (secondary N) is 2. The number of unbranched alkanes of at least 4 members (excludes halogenated alkanes) is 3. The number of hydrogen-bond donors (Lipinski definition) is 3. The molecule has 2 aromatic rings. The highest BCUT2D eigenvalue weighted by atomic mass is 32.2. The minimum atomic E-state index is -4.12. The van der Waals surface area contributed by atoms with E-state index in [9.17, 15) is 18.0 Å². The third-order valence-electron chi connectivity index (χ3n) is 4.07. The average Bonchev–Trinajstić information content (AvgIpc) is 2.72. The van der Waals surface area contributed by atoms with Crippen LogP contribution in [0.25, 0.3) is 0 Å². The summed E-state index contributed by atoms with van der Waals surface area (Å²) in [6.45, 7) is 2.73. The summed E-state index contributed by atoms with van der Waals surface area (Å²) in [5.74, 6) is -1.28. The molecule has 0 unspecified atom stereocenters. The smallest absolute Gasteiger partial charge is 0.335 e. The molecule has 0 fully saturated rings. The zero-order chi connectivity index (χ0) is 21.3. The second-order valence-electron chi connectivity index (χ2n) is 6.33. The number of benzene rings is 2. The van der Waals surface area contributed by atoms with Crippen molar-refractivity contribution >= 4 is 21.9 Å². The highest BCUT2D eigenvalue weighted by Crippen LogP contribution is 2.14. The Kier molecular flexibility index (Phi) is 8.17. The number of ether oxygens (including phenoxy) is 1. The van der Waals surface area contributed by atoms with Gasteiger partial charge in [-0.1, -0.05) is 32.3 Å². The van der Waals surface area contributed by atoms with Gasteiger partial charge in [-0.15, -0.1) is 4.83 Å².